The Balaban J connectivity index is 1.71. The first-order chi connectivity index (χ1) is 14.3. The van der Waals surface area contributed by atoms with Gasteiger partial charge in [0.15, 0.2) is 11.2 Å². The zero-order chi connectivity index (χ0) is 21.5. The Labute approximate surface area is 183 Å². The maximum atomic E-state index is 12.6. The van der Waals surface area contributed by atoms with Gasteiger partial charge >= 0.3 is 0 Å². The average molecular weight is 471 g/mol. The highest BCUT2D eigenvalue weighted by atomic mass is 35.5. The third-order valence-electron chi connectivity index (χ3n) is 5.29. The molecule has 3 aromatic rings. The number of hydrogen-bond donors (Lipinski definition) is 1. The normalized spacial score (nSPS) is 18.2. The van der Waals surface area contributed by atoms with E-state index in [0.29, 0.717) is 40.0 Å². The second kappa shape index (κ2) is 8.26. The highest BCUT2D eigenvalue weighted by molar-refractivity contribution is 7.89. The van der Waals surface area contributed by atoms with Gasteiger partial charge in [0, 0.05) is 34.6 Å². The third kappa shape index (κ3) is 3.96. The van der Waals surface area contributed by atoms with E-state index in [2.05, 4.69) is 20.3 Å². The topological polar surface area (TPSA) is 114 Å². The molecule has 2 aromatic heterocycles. The largest absolute Gasteiger partial charge is 0.308 e. The summed E-state index contributed by atoms with van der Waals surface area (Å²) < 4.78 is 27.5. The maximum Gasteiger partial charge on any atom is 0.281 e. The molecule has 1 unspecified atom stereocenters. The molecule has 1 aliphatic heterocycles. The predicted octanol–water partition coefficient (Wildman–Crippen LogP) is 2.40. The van der Waals surface area contributed by atoms with E-state index >= 15 is 0 Å². The summed E-state index contributed by atoms with van der Waals surface area (Å²) in [5.74, 6) is 0.250. The monoisotopic (exact) mass is 470 g/mol. The lowest BCUT2D eigenvalue weighted by Crippen LogP contribution is -2.40. The van der Waals surface area contributed by atoms with Crippen LogP contribution in [-0.4, -0.2) is 56.5 Å². The minimum Gasteiger partial charge on any atom is -0.308 e. The number of H-pyrrole nitrogens is 1. The first-order valence-electron chi connectivity index (χ1n) is 9.54. The fourth-order valence-corrected chi connectivity index (χ4v) is 5.31. The zero-order valence-corrected chi connectivity index (χ0v) is 18.5. The number of nitrogens with zero attached hydrogens (tertiary/aromatic N) is 5. The number of fused-ring (bicyclic) bond motifs is 1. The van der Waals surface area contributed by atoms with Gasteiger partial charge in [-0.2, -0.15) is 0 Å². The van der Waals surface area contributed by atoms with Crippen LogP contribution in [0.5, 0.6) is 0 Å². The first-order valence-corrected chi connectivity index (χ1v) is 11.9. The van der Waals surface area contributed by atoms with Crippen molar-refractivity contribution in [3.05, 3.63) is 50.0 Å². The van der Waals surface area contributed by atoms with Gasteiger partial charge < -0.3 is 4.98 Å². The fourth-order valence-electron chi connectivity index (χ4n) is 3.62. The summed E-state index contributed by atoms with van der Waals surface area (Å²) in [6.07, 6.45) is 1.42. The molecule has 0 saturated carbocycles. The number of aromatic nitrogens is 5. The van der Waals surface area contributed by atoms with Gasteiger partial charge in [-0.05, 0) is 31.9 Å². The molecule has 1 N–H and O–H groups in total. The van der Waals surface area contributed by atoms with Crippen molar-refractivity contribution in [2.45, 2.75) is 32.2 Å². The lowest BCUT2D eigenvalue weighted by molar-refractivity contribution is 0.309. The van der Waals surface area contributed by atoms with Crippen LogP contribution in [0.1, 0.15) is 37.1 Å². The SMILES string of the molecule is CCS(=O)(=O)N1CCCC(c2nc3c(nnn3Cc3c(Cl)cccc3Cl)c(=O)[nH]2)C1. The Hall–Kier alpha value is -2.01. The van der Waals surface area contributed by atoms with Gasteiger partial charge in [0.1, 0.15) is 5.82 Å². The molecule has 4 rings (SSSR count). The van der Waals surface area contributed by atoms with Crippen LogP contribution in [0.4, 0.5) is 0 Å². The summed E-state index contributed by atoms with van der Waals surface area (Å²) >= 11 is 12.5. The summed E-state index contributed by atoms with van der Waals surface area (Å²) in [4.78, 5) is 19.9. The number of sulfonamides is 1. The lowest BCUT2D eigenvalue weighted by Gasteiger charge is -2.31. The molecule has 3 heterocycles. The van der Waals surface area contributed by atoms with Crippen molar-refractivity contribution in [1.29, 1.82) is 0 Å². The van der Waals surface area contributed by atoms with Crippen molar-refractivity contribution in [2.24, 2.45) is 0 Å². The van der Waals surface area contributed by atoms with Crippen LogP contribution in [0.3, 0.4) is 0 Å². The standard InChI is InChI=1S/C18H20Cl2N6O3S/c1-2-30(28,29)25-8-4-5-11(9-25)16-21-17-15(18(27)22-16)23-24-26(17)10-12-13(19)6-3-7-14(12)20/h3,6-7,11H,2,4-5,8-10H2,1H3,(H,21,22,27). The Morgan fingerprint density at radius 3 is 2.70 bits per heavy atom. The van der Waals surface area contributed by atoms with E-state index in [4.69, 9.17) is 23.2 Å². The number of hydrogen-bond acceptors (Lipinski definition) is 6. The quantitative estimate of drug-likeness (QED) is 0.612. The molecule has 1 aliphatic rings. The second-order valence-electron chi connectivity index (χ2n) is 7.17. The molecule has 0 radical (unpaired) electrons. The molecule has 1 fully saturated rings. The summed E-state index contributed by atoms with van der Waals surface area (Å²) in [5, 5.41) is 8.94. The van der Waals surface area contributed by atoms with Gasteiger partial charge in [0.2, 0.25) is 10.0 Å². The van der Waals surface area contributed by atoms with Crippen LogP contribution in [0.25, 0.3) is 11.2 Å². The smallest absolute Gasteiger partial charge is 0.281 e. The number of benzene rings is 1. The number of piperidine rings is 1. The van der Waals surface area contributed by atoms with Crippen LogP contribution >= 0.6 is 23.2 Å². The van der Waals surface area contributed by atoms with Gasteiger partial charge in [-0.25, -0.2) is 22.4 Å². The molecule has 1 atom stereocenters. The highest BCUT2D eigenvalue weighted by Gasteiger charge is 2.30. The Morgan fingerprint density at radius 1 is 1.27 bits per heavy atom. The minimum atomic E-state index is -3.31. The molecule has 0 amide bonds. The molecule has 160 valence electrons. The van der Waals surface area contributed by atoms with Crippen LogP contribution < -0.4 is 5.56 Å². The van der Waals surface area contributed by atoms with Crippen molar-refractivity contribution in [1.82, 2.24) is 29.3 Å². The van der Waals surface area contributed by atoms with E-state index in [9.17, 15) is 13.2 Å². The summed E-state index contributed by atoms with van der Waals surface area (Å²) in [6, 6.07) is 5.19. The number of nitrogens with one attached hydrogen (secondary N) is 1. The van der Waals surface area contributed by atoms with Crippen LogP contribution in [-0.2, 0) is 16.6 Å². The van der Waals surface area contributed by atoms with E-state index in [0.717, 1.165) is 6.42 Å². The van der Waals surface area contributed by atoms with Crippen LogP contribution in [0, 0.1) is 0 Å². The Kier molecular flexibility index (Phi) is 5.84. The van der Waals surface area contributed by atoms with Crippen molar-refractivity contribution in [2.75, 3.05) is 18.8 Å². The number of aromatic amines is 1. The lowest BCUT2D eigenvalue weighted by atomic mass is 9.99. The van der Waals surface area contributed by atoms with Crippen molar-refractivity contribution in [3.63, 3.8) is 0 Å². The van der Waals surface area contributed by atoms with Crippen molar-refractivity contribution >= 4 is 44.4 Å². The number of halogens is 2. The molecular formula is C18H20Cl2N6O3S. The molecule has 1 aromatic carbocycles. The van der Waals surface area contributed by atoms with E-state index < -0.39 is 15.6 Å². The molecular weight excluding hydrogens is 451 g/mol. The van der Waals surface area contributed by atoms with Gasteiger partial charge in [-0.15, -0.1) is 5.10 Å². The molecule has 0 aliphatic carbocycles. The molecule has 30 heavy (non-hydrogen) atoms. The van der Waals surface area contributed by atoms with Gasteiger partial charge in [-0.3, -0.25) is 4.79 Å². The third-order valence-corrected chi connectivity index (χ3v) is 7.85. The van der Waals surface area contributed by atoms with E-state index in [1.807, 2.05) is 0 Å². The molecule has 1 saturated heterocycles. The van der Waals surface area contributed by atoms with E-state index in [-0.39, 0.29) is 30.3 Å². The van der Waals surface area contributed by atoms with Gasteiger partial charge in [0.05, 0.1) is 12.3 Å². The van der Waals surface area contributed by atoms with E-state index in [1.54, 1.807) is 25.1 Å². The van der Waals surface area contributed by atoms with Gasteiger partial charge in [-0.1, -0.05) is 34.5 Å². The van der Waals surface area contributed by atoms with Crippen molar-refractivity contribution < 1.29 is 8.42 Å². The number of rotatable bonds is 5. The molecule has 0 spiro atoms. The summed E-state index contributed by atoms with van der Waals surface area (Å²) in [5.41, 5.74) is 0.645. The minimum absolute atomic E-state index is 0.0397. The van der Waals surface area contributed by atoms with Crippen molar-refractivity contribution in [3.8, 4) is 0 Å². The zero-order valence-electron chi connectivity index (χ0n) is 16.2. The second-order valence-corrected chi connectivity index (χ2v) is 10.2. The summed E-state index contributed by atoms with van der Waals surface area (Å²) in [7, 11) is -3.31. The van der Waals surface area contributed by atoms with Gasteiger partial charge in [0.25, 0.3) is 5.56 Å². The maximum absolute atomic E-state index is 12.6. The van der Waals surface area contributed by atoms with E-state index in [1.165, 1.54) is 8.99 Å². The highest BCUT2D eigenvalue weighted by Crippen LogP contribution is 2.28. The molecule has 0 bridgehead atoms. The fraction of sp³-hybridized carbons (Fsp3) is 0.444. The molecule has 12 heteroatoms. The average Bonchev–Trinajstić information content (AvgIpc) is 3.14. The summed E-state index contributed by atoms with van der Waals surface area (Å²) in [6.45, 7) is 2.58. The Bertz CT molecular complexity index is 1240. The Morgan fingerprint density at radius 2 is 2.00 bits per heavy atom. The first kappa shape index (κ1) is 21.2. The van der Waals surface area contributed by atoms with Crippen LogP contribution in [0.2, 0.25) is 10.0 Å². The van der Waals surface area contributed by atoms with Crippen LogP contribution in [0.15, 0.2) is 23.0 Å². The molecule has 9 nitrogen and oxygen atoms in total. The predicted molar refractivity (Wildman–Crippen MR) is 115 cm³/mol.